The fourth-order valence-corrected chi connectivity index (χ4v) is 4.05. The largest absolute Gasteiger partial charge is 0.497 e. The number of aromatic nitrogens is 2. The van der Waals surface area contributed by atoms with Gasteiger partial charge in [0.2, 0.25) is 5.91 Å². The van der Waals surface area contributed by atoms with Gasteiger partial charge in [0.15, 0.2) is 0 Å². The van der Waals surface area contributed by atoms with E-state index in [0.29, 0.717) is 17.7 Å². The van der Waals surface area contributed by atoms with E-state index in [0.717, 1.165) is 38.1 Å². The van der Waals surface area contributed by atoms with Gasteiger partial charge in [0.05, 0.1) is 13.3 Å². The number of aryl methyl sites for hydroxylation is 1. The second kappa shape index (κ2) is 6.54. The van der Waals surface area contributed by atoms with Crippen molar-refractivity contribution < 1.29 is 9.53 Å². The quantitative estimate of drug-likeness (QED) is 0.841. The highest BCUT2D eigenvalue weighted by Gasteiger charge is 2.46. The number of hydrogen-bond acceptors (Lipinski definition) is 3. The first-order valence-electron chi connectivity index (χ1n) is 9.04. The van der Waals surface area contributed by atoms with Crippen LogP contribution >= 0.6 is 0 Å². The molecule has 0 spiro atoms. The Hall–Kier alpha value is -2.30. The molecule has 2 fully saturated rings. The lowest BCUT2D eigenvalue weighted by molar-refractivity contribution is -0.131. The number of hydrogen-bond donors (Lipinski definition) is 0. The number of likely N-dealkylation sites (tertiary alicyclic amines) is 1. The van der Waals surface area contributed by atoms with Crippen LogP contribution in [0.5, 0.6) is 5.75 Å². The average molecular weight is 339 g/mol. The van der Waals surface area contributed by atoms with Crippen LogP contribution in [0.3, 0.4) is 0 Å². The van der Waals surface area contributed by atoms with Crippen molar-refractivity contribution in [2.45, 2.75) is 25.2 Å². The molecule has 2 aliphatic rings. The second-order valence-corrected chi connectivity index (χ2v) is 7.39. The molecule has 5 nitrogen and oxygen atoms in total. The highest BCUT2D eigenvalue weighted by molar-refractivity contribution is 5.83. The maximum Gasteiger partial charge on any atom is 0.226 e. The lowest BCUT2D eigenvalue weighted by Gasteiger charge is -2.16. The topological polar surface area (TPSA) is 47.4 Å². The minimum absolute atomic E-state index is 0.157. The standard InChI is InChI=1S/C20H25N3O2/c1-22-12-15(11-21-22)8-14-6-7-23(13-14)20(24)19-10-18(19)16-4-3-5-17(9-16)25-2/h3-5,9,11-12,14,18-19H,6-8,10,13H2,1-2H3/t14-,18-,19+/m0/s1. The smallest absolute Gasteiger partial charge is 0.226 e. The van der Waals surface area contributed by atoms with Gasteiger partial charge in [0.25, 0.3) is 0 Å². The lowest BCUT2D eigenvalue weighted by Crippen LogP contribution is -2.30. The molecule has 0 radical (unpaired) electrons. The number of amides is 1. The SMILES string of the molecule is COc1cccc([C@@H]2C[C@H]2C(=O)N2CC[C@@H](Cc3cnn(C)c3)C2)c1. The summed E-state index contributed by atoms with van der Waals surface area (Å²) in [6.07, 6.45) is 7.09. The van der Waals surface area contributed by atoms with Crippen molar-refractivity contribution in [2.24, 2.45) is 18.9 Å². The Morgan fingerprint density at radius 2 is 2.28 bits per heavy atom. The molecular weight excluding hydrogens is 314 g/mol. The van der Waals surface area contributed by atoms with E-state index < -0.39 is 0 Å². The van der Waals surface area contributed by atoms with E-state index in [9.17, 15) is 4.79 Å². The maximum absolute atomic E-state index is 12.8. The third-order valence-corrected chi connectivity index (χ3v) is 5.51. The monoisotopic (exact) mass is 339 g/mol. The molecule has 4 rings (SSSR count). The van der Waals surface area contributed by atoms with Crippen molar-refractivity contribution in [1.82, 2.24) is 14.7 Å². The summed E-state index contributed by atoms with van der Waals surface area (Å²) in [4.78, 5) is 14.9. The molecule has 1 saturated carbocycles. The summed E-state index contributed by atoms with van der Waals surface area (Å²) >= 11 is 0. The zero-order valence-electron chi connectivity index (χ0n) is 14.9. The summed E-state index contributed by atoms with van der Waals surface area (Å²) in [5, 5.41) is 4.23. The number of benzene rings is 1. The molecule has 1 aliphatic carbocycles. The maximum atomic E-state index is 12.8. The number of carbonyl (C=O) groups is 1. The van der Waals surface area contributed by atoms with Crippen LogP contribution in [-0.4, -0.2) is 40.8 Å². The third kappa shape index (κ3) is 3.41. The second-order valence-electron chi connectivity index (χ2n) is 7.39. The van der Waals surface area contributed by atoms with Crippen LogP contribution in [0.2, 0.25) is 0 Å². The van der Waals surface area contributed by atoms with Crippen LogP contribution in [0.1, 0.15) is 29.9 Å². The van der Waals surface area contributed by atoms with Gasteiger partial charge in [0, 0.05) is 32.3 Å². The van der Waals surface area contributed by atoms with E-state index in [1.165, 1.54) is 11.1 Å². The van der Waals surface area contributed by atoms with Crippen LogP contribution < -0.4 is 4.74 Å². The minimum Gasteiger partial charge on any atom is -0.497 e. The van der Waals surface area contributed by atoms with E-state index in [4.69, 9.17) is 4.74 Å². The fourth-order valence-electron chi connectivity index (χ4n) is 4.05. The normalized spacial score (nSPS) is 25.2. The molecule has 1 aromatic carbocycles. The number of nitrogens with zero attached hydrogens (tertiary/aromatic N) is 3. The predicted octanol–water partition coefficient (Wildman–Crippen LogP) is 2.62. The van der Waals surface area contributed by atoms with Crippen molar-refractivity contribution >= 4 is 5.91 Å². The molecule has 1 aliphatic heterocycles. The summed E-state index contributed by atoms with van der Waals surface area (Å²) in [7, 11) is 3.63. The molecule has 2 heterocycles. The van der Waals surface area contributed by atoms with Crippen molar-refractivity contribution in [1.29, 1.82) is 0 Å². The molecule has 1 amide bonds. The van der Waals surface area contributed by atoms with Crippen LogP contribution in [0.25, 0.3) is 0 Å². The molecule has 3 atom stereocenters. The first-order chi connectivity index (χ1) is 12.1. The molecule has 0 unspecified atom stereocenters. The average Bonchev–Trinajstić information content (AvgIpc) is 3.12. The van der Waals surface area contributed by atoms with Gasteiger partial charge < -0.3 is 9.64 Å². The Morgan fingerprint density at radius 1 is 1.40 bits per heavy atom. The van der Waals surface area contributed by atoms with Crippen molar-refractivity contribution in [2.75, 3.05) is 20.2 Å². The van der Waals surface area contributed by atoms with Gasteiger partial charge in [-0.05, 0) is 54.4 Å². The minimum atomic E-state index is 0.157. The fraction of sp³-hybridized carbons (Fsp3) is 0.500. The van der Waals surface area contributed by atoms with Crippen molar-refractivity contribution in [3.8, 4) is 5.75 Å². The van der Waals surface area contributed by atoms with Crippen LogP contribution in [-0.2, 0) is 18.3 Å². The van der Waals surface area contributed by atoms with E-state index in [1.54, 1.807) is 7.11 Å². The highest BCUT2D eigenvalue weighted by Crippen LogP contribution is 2.49. The summed E-state index contributed by atoms with van der Waals surface area (Å²) < 4.78 is 7.14. The Kier molecular flexibility index (Phi) is 4.24. The summed E-state index contributed by atoms with van der Waals surface area (Å²) in [5.74, 6) is 2.28. The van der Waals surface area contributed by atoms with Crippen LogP contribution in [0.15, 0.2) is 36.7 Å². The van der Waals surface area contributed by atoms with Crippen molar-refractivity contribution in [3.05, 3.63) is 47.8 Å². The molecule has 2 aromatic rings. The zero-order chi connectivity index (χ0) is 17.4. The first-order valence-corrected chi connectivity index (χ1v) is 9.04. The number of ether oxygens (including phenoxy) is 1. The third-order valence-electron chi connectivity index (χ3n) is 5.51. The summed E-state index contributed by atoms with van der Waals surface area (Å²) in [5.41, 5.74) is 2.49. The van der Waals surface area contributed by atoms with Crippen LogP contribution in [0.4, 0.5) is 0 Å². The molecule has 132 valence electrons. The number of rotatable bonds is 5. The Bertz CT molecular complexity index is 770. The van der Waals surface area contributed by atoms with Gasteiger partial charge in [-0.2, -0.15) is 5.10 Å². The molecule has 1 aromatic heterocycles. The predicted molar refractivity (Wildman–Crippen MR) is 95.4 cm³/mol. The summed E-state index contributed by atoms with van der Waals surface area (Å²) in [6, 6.07) is 8.13. The van der Waals surface area contributed by atoms with Gasteiger partial charge in [-0.25, -0.2) is 0 Å². The van der Waals surface area contributed by atoms with Gasteiger partial charge in [-0.15, -0.1) is 0 Å². The molecule has 25 heavy (non-hydrogen) atoms. The van der Waals surface area contributed by atoms with Gasteiger partial charge >= 0.3 is 0 Å². The molecule has 1 saturated heterocycles. The first kappa shape index (κ1) is 16.2. The molecule has 0 N–H and O–H groups in total. The van der Waals surface area contributed by atoms with Gasteiger partial charge in [-0.3, -0.25) is 9.48 Å². The van der Waals surface area contributed by atoms with Gasteiger partial charge in [0.1, 0.15) is 5.75 Å². The van der Waals surface area contributed by atoms with E-state index in [-0.39, 0.29) is 5.92 Å². The van der Waals surface area contributed by atoms with Crippen molar-refractivity contribution in [3.63, 3.8) is 0 Å². The van der Waals surface area contributed by atoms with E-state index >= 15 is 0 Å². The number of methoxy groups -OCH3 is 1. The highest BCUT2D eigenvalue weighted by atomic mass is 16.5. The van der Waals surface area contributed by atoms with E-state index in [1.807, 2.05) is 30.1 Å². The van der Waals surface area contributed by atoms with Gasteiger partial charge in [-0.1, -0.05) is 12.1 Å². The number of carbonyl (C=O) groups excluding carboxylic acids is 1. The lowest BCUT2D eigenvalue weighted by atomic mass is 10.0. The Balaban J connectivity index is 1.33. The molecule has 0 bridgehead atoms. The Morgan fingerprint density at radius 3 is 3.04 bits per heavy atom. The zero-order valence-corrected chi connectivity index (χ0v) is 14.9. The molecule has 5 heteroatoms. The molecular formula is C20H25N3O2. The van der Waals surface area contributed by atoms with Crippen LogP contribution in [0, 0.1) is 11.8 Å². The van der Waals surface area contributed by atoms with E-state index in [2.05, 4.69) is 28.3 Å². The summed E-state index contributed by atoms with van der Waals surface area (Å²) in [6.45, 7) is 1.78. The Labute approximate surface area is 148 Å².